The molecule has 4 rings (SSSR count). The fourth-order valence-electron chi connectivity index (χ4n) is 4.36. The molecule has 2 unspecified atom stereocenters. The number of hydrogen-bond donors (Lipinski definition) is 0. The van der Waals surface area contributed by atoms with Crippen LogP contribution in [0.15, 0.2) is 11.1 Å². The van der Waals surface area contributed by atoms with Crippen LogP contribution >= 0.6 is 0 Å². The molecule has 0 N–H and O–H groups in total. The molecule has 0 amide bonds. The second kappa shape index (κ2) is 5.81. The van der Waals surface area contributed by atoms with Crippen molar-refractivity contribution in [2.45, 2.75) is 102 Å². The maximum absolute atomic E-state index is 13.1. The van der Waals surface area contributed by atoms with Gasteiger partial charge in [-0.3, -0.25) is 9.59 Å². The predicted octanol–water partition coefficient (Wildman–Crippen LogP) is 3.15. The summed E-state index contributed by atoms with van der Waals surface area (Å²) in [5.74, 6) is -0.953. The highest BCUT2D eigenvalue weighted by atomic mass is 16.7. The number of ketones is 2. The van der Waals surface area contributed by atoms with Crippen LogP contribution in [0.4, 0.5) is 0 Å². The van der Waals surface area contributed by atoms with E-state index in [9.17, 15) is 9.59 Å². The lowest BCUT2D eigenvalue weighted by Gasteiger charge is -2.32. The quantitative estimate of drug-likeness (QED) is 0.677. The summed E-state index contributed by atoms with van der Waals surface area (Å²) in [5.41, 5.74) is -0.769. The lowest BCUT2D eigenvalue weighted by atomic mass is 9.64. The third-order valence-electron chi connectivity index (χ3n) is 7.68. The van der Waals surface area contributed by atoms with E-state index < -0.39 is 48.3 Å². The van der Waals surface area contributed by atoms with Crippen molar-refractivity contribution in [3.8, 4) is 0 Å². The van der Waals surface area contributed by atoms with Crippen molar-refractivity contribution in [3.05, 3.63) is 11.1 Å². The van der Waals surface area contributed by atoms with E-state index >= 15 is 0 Å². The minimum absolute atomic E-state index is 0.0270. The zero-order valence-electron chi connectivity index (χ0n) is 18.2. The number of carbonyl (C=O) groups is 2. The summed E-state index contributed by atoms with van der Waals surface area (Å²) < 4.78 is 24.3. The van der Waals surface area contributed by atoms with E-state index in [2.05, 4.69) is 0 Å². The van der Waals surface area contributed by atoms with E-state index in [1.54, 1.807) is 0 Å². The summed E-state index contributed by atoms with van der Waals surface area (Å²) in [6.07, 6.45) is 0.750. The second-order valence-corrected chi connectivity index (χ2v) is 10.6. The van der Waals surface area contributed by atoms with Crippen LogP contribution in [-0.4, -0.2) is 48.2 Å². The highest BCUT2D eigenvalue weighted by Crippen LogP contribution is 2.52. The largest absolute Gasteiger partial charge is 0.469 e. The van der Waals surface area contributed by atoms with Crippen molar-refractivity contribution in [1.29, 1.82) is 0 Å². The Morgan fingerprint density at radius 2 is 0.857 bits per heavy atom. The molecule has 6 nitrogen and oxygen atoms in total. The molecule has 2 saturated heterocycles. The van der Waals surface area contributed by atoms with Crippen molar-refractivity contribution < 1.29 is 28.2 Å². The SMILES string of the molecule is CC1(C)OB(C2CC3=C(CC(B4OC(C)(C)C(C)(C)O4)C3=O)C2=O)OC1(C)C. The van der Waals surface area contributed by atoms with E-state index in [0.29, 0.717) is 24.0 Å². The Labute approximate surface area is 168 Å². The van der Waals surface area contributed by atoms with E-state index in [4.69, 9.17) is 18.6 Å². The minimum atomic E-state index is -0.619. The van der Waals surface area contributed by atoms with E-state index in [1.165, 1.54) is 0 Å². The van der Waals surface area contributed by atoms with Crippen molar-refractivity contribution >= 4 is 25.8 Å². The third kappa shape index (κ3) is 2.72. The molecule has 0 spiro atoms. The maximum Gasteiger partial charge on any atom is 0.469 e. The Balaban J connectivity index is 1.48. The van der Waals surface area contributed by atoms with Gasteiger partial charge in [-0.25, -0.2) is 0 Å². The molecule has 152 valence electrons. The van der Waals surface area contributed by atoms with Gasteiger partial charge in [0.1, 0.15) is 0 Å². The number of carbonyl (C=O) groups excluding carboxylic acids is 2. The van der Waals surface area contributed by atoms with Gasteiger partial charge in [0.2, 0.25) is 0 Å². The molecule has 2 heterocycles. The summed E-state index contributed by atoms with van der Waals surface area (Å²) in [4.78, 5) is 26.2. The molecule has 0 aromatic rings. The normalized spacial score (nSPS) is 35.3. The predicted molar refractivity (Wildman–Crippen MR) is 106 cm³/mol. The first kappa shape index (κ1) is 20.3. The maximum atomic E-state index is 13.1. The summed E-state index contributed by atoms with van der Waals surface area (Å²) >= 11 is 0. The number of rotatable bonds is 2. The van der Waals surface area contributed by atoms with Crippen LogP contribution in [0.25, 0.3) is 0 Å². The topological polar surface area (TPSA) is 71.1 Å². The molecule has 2 atom stereocenters. The van der Waals surface area contributed by atoms with Gasteiger partial charge in [0, 0.05) is 11.1 Å². The van der Waals surface area contributed by atoms with Crippen molar-refractivity contribution in [3.63, 3.8) is 0 Å². The van der Waals surface area contributed by atoms with Gasteiger partial charge >= 0.3 is 14.2 Å². The summed E-state index contributed by atoms with van der Waals surface area (Å²) in [7, 11) is -1.24. The van der Waals surface area contributed by atoms with Crippen LogP contribution in [0.2, 0.25) is 11.6 Å². The lowest BCUT2D eigenvalue weighted by molar-refractivity contribution is -0.115. The van der Waals surface area contributed by atoms with Crippen LogP contribution in [-0.2, 0) is 28.2 Å². The number of hydrogen-bond acceptors (Lipinski definition) is 6. The van der Waals surface area contributed by atoms with Crippen LogP contribution in [0.5, 0.6) is 0 Å². The Hall–Kier alpha value is -0.950. The zero-order chi connectivity index (χ0) is 20.9. The molecular formula is C20H30B2O6. The molecule has 0 bridgehead atoms. The van der Waals surface area contributed by atoms with Crippen LogP contribution in [0.1, 0.15) is 68.2 Å². The Kier molecular flexibility index (Phi) is 4.22. The molecule has 4 aliphatic rings. The average molecular weight is 388 g/mol. The van der Waals surface area contributed by atoms with E-state index in [1.807, 2.05) is 55.4 Å². The van der Waals surface area contributed by atoms with E-state index in [-0.39, 0.29) is 11.6 Å². The fourth-order valence-corrected chi connectivity index (χ4v) is 4.36. The average Bonchev–Trinajstić information content (AvgIpc) is 3.14. The minimum Gasteiger partial charge on any atom is -0.403 e. The summed E-state index contributed by atoms with van der Waals surface area (Å²) in [5, 5.41) is 0. The highest BCUT2D eigenvalue weighted by molar-refractivity contribution is 6.58. The van der Waals surface area contributed by atoms with Gasteiger partial charge in [-0.05, 0) is 68.2 Å². The van der Waals surface area contributed by atoms with Gasteiger partial charge < -0.3 is 18.6 Å². The number of Topliss-reactive ketones (excluding diaryl/α,β-unsaturated/α-hetero) is 2. The standard InChI is InChI=1S/C20H30B2O6/c1-17(2)18(3,4)26-21(25-17)13-9-11-12(15(13)23)10-14(16(11)24)22-27-19(5,6)20(7,8)28-22/h13-14H,9-10H2,1-8H3. The van der Waals surface area contributed by atoms with Gasteiger partial charge in [0.15, 0.2) is 11.6 Å². The molecule has 0 aromatic carbocycles. The first-order valence-corrected chi connectivity index (χ1v) is 10.2. The molecule has 8 heteroatoms. The van der Waals surface area contributed by atoms with Crippen molar-refractivity contribution in [2.75, 3.05) is 0 Å². The molecule has 0 radical (unpaired) electrons. The van der Waals surface area contributed by atoms with Gasteiger partial charge in [0.05, 0.1) is 34.0 Å². The molecular weight excluding hydrogens is 358 g/mol. The Bertz CT molecular complexity index is 686. The first-order chi connectivity index (χ1) is 12.7. The summed E-state index contributed by atoms with van der Waals surface area (Å²) in [6, 6.07) is 0. The molecule has 28 heavy (non-hydrogen) atoms. The van der Waals surface area contributed by atoms with Gasteiger partial charge in [-0.2, -0.15) is 0 Å². The second-order valence-electron chi connectivity index (χ2n) is 10.6. The zero-order valence-corrected chi connectivity index (χ0v) is 18.2. The van der Waals surface area contributed by atoms with Crippen LogP contribution < -0.4 is 0 Å². The molecule has 2 aliphatic heterocycles. The van der Waals surface area contributed by atoms with Gasteiger partial charge in [-0.1, -0.05) is 0 Å². The highest BCUT2D eigenvalue weighted by Gasteiger charge is 2.62. The Morgan fingerprint density at radius 1 is 0.607 bits per heavy atom. The monoisotopic (exact) mass is 388 g/mol. The number of allylic oxidation sites excluding steroid dienone is 2. The Morgan fingerprint density at radius 3 is 1.11 bits per heavy atom. The lowest BCUT2D eigenvalue weighted by Crippen LogP contribution is -2.41. The van der Waals surface area contributed by atoms with Crippen LogP contribution in [0, 0.1) is 0 Å². The fraction of sp³-hybridized carbons (Fsp3) is 0.800. The van der Waals surface area contributed by atoms with Gasteiger partial charge in [0.25, 0.3) is 0 Å². The van der Waals surface area contributed by atoms with Crippen molar-refractivity contribution in [1.82, 2.24) is 0 Å². The van der Waals surface area contributed by atoms with E-state index in [0.717, 1.165) is 0 Å². The molecule has 2 fully saturated rings. The van der Waals surface area contributed by atoms with Crippen molar-refractivity contribution in [2.24, 2.45) is 0 Å². The molecule has 0 aromatic heterocycles. The summed E-state index contributed by atoms with van der Waals surface area (Å²) in [6.45, 7) is 15.7. The smallest absolute Gasteiger partial charge is 0.403 e. The first-order valence-electron chi connectivity index (χ1n) is 10.2. The van der Waals surface area contributed by atoms with Gasteiger partial charge in [-0.15, -0.1) is 0 Å². The molecule has 2 aliphatic carbocycles. The third-order valence-corrected chi connectivity index (χ3v) is 7.68. The molecule has 0 saturated carbocycles. The van der Waals surface area contributed by atoms with Crippen LogP contribution in [0.3, 0.4) is 0 Å².